The Kier molecular flexibility index (Phi) is 6.77. The normalized spacial score (nSPS) is 9.43. The van der Waals surface area contributed by atoms with Crippen LogP contribution in [0.4, 0.5) is 0 Å². The smallest absolute Gasteiger partial charge is 0.337 e. The molecule has 0 aliphatic rings. The summed E-state index contributed by atoms with van der Waals surface area (Å²) in [6.07, 6.45) is 0. The number of esters is 1. The molecule has 0 radical (unpaired) electrons. The third-order valence-corrected chi connectivity index (χ3v) is 4.24. The fraction of sp³-hybridized carbons (Fsp3) is 0.115. The first-order valence-corrected chi connectivity index (χ1v) is 9.17. The number of rotatable bonds is 3. The molecular formula is C26H20O4. The number of benzene rings is 3. The number of hydrogen-bond donors (Lipinski definition) is 0. The maximum Gasteiger partial charge on any atom is 0.337 e. The van der Waals surface area contributed by atoms with Gasteiger partial charge in [0.05, 0.1) is 26.9 Å². The van der Waals surface area contributed by atoms with Crippen molar-refractivity contribution < 1.29 is 19.0 Å². The minimum absolute atomic E-state index is 0.362. The zero-order valence-corrected chi connectivity index (χ0v) is 17.0. The molecule has 0 amide bonds. The quantitative estimate of drug-likeness (QED) is 0.489. The molecule has 0 bridgehead atoms. The summed E-state index contributed by atoms with van der Waals surface area (Å²) in [5, 5.41) is 0. The third kappa shape index (κ3) is 5.44. The summed E-state index contributed by atoms with van der Waals surface area (Å²) in [4.78, 5) is 11.5. The van der Waals surface area contributed by atoms with E-state index in [4.69, 9.17) is 9.47 Å². The predicted molar refractivity (Wildman–Crippen MR) is 116 cm³/mol. The van der Waals surface area contributed by atoms with Crippen LogP contribution in [-0.2, 0) is 4.74 Å². The van der Waals surface area contributed by atoms with Crippen LogP contribution in [0.2, 0.25) is 0 Å². The zero-order chi connectivity index (χ0) is 21.3. The summed E-state index contributed by atoms with van der Waals surface area (Å²) < 4.78 is 15.2. The highest BCUT2D eigenvalue weighted by Crippen LogP contribution is 2.21. The number of ether oxygens (including phenoxy) is 3. The van der Waals surface area contributed by atoms with Crippen molar-refractivity contribution in [3.8, 4) is 35.2 Å². The van der Waals surface area contributed by atoms with Gasteiger partial charge in [-0.05, 0) is 60.7 Å². The van der Waals surface area contributed by atoms with E-state index in [-0.39, 0.29) is 5.97 Å². The van der Waals surface area contributed by atoms with Crippen molar-refractivity contribution in [3.63, 3.8) is 0 Å². The van der Waals surface area contributed by atoms with E-state index < -0.39 is 0 Å². The van der Waals surface area contributed by atoms with Crippen LogP contribution in [0, 0.1) is 23.7 Å². The number of carbonyl (C=O) groups is 1. The Morgan fingerprint density at radius 3 is 1.40 bits per heavy atom. The Morgan fingerprint density at radius 1 is 0.600 bits per heavy atom. The Hall–Kier alpha value is -4.15. The Labute approximate surface area is 176 Å². The molecule has 0 N–H and O–H groups in total. The summed E-state index contributed by atoms with van der Waals surface area (Å²) in [5.74, 6) is 13.5. The molecule has 4 nitrogen and oxygen atoms in total. The summed E-state index contributed by atoms with van der Waals surface area (Å²) in [6.45, 7) is 0. The predicted octanol–water partition coefficient (Wildman–Crippen LogP) is 4.29. The molecule has 4 heteroatoms. The van der Waals surface area contributed by atoms with Gasteiger partial charge in [0.25, 0.3) is 0 Å². The number of hydrogen-bond acceptors (Lipinski definition) is 4. The molecule has 0 heterocycles. The standard InChI is InChI=1S/C26H20O4/c1-28-24-16-22(17-25(18-24)29-2)11-10-20-6-4-19(5-7-20)8-9-21-12-14-23(15-13-21)26(27)30-3/h4-7,12-18H,1-3H3. The fourth-order valence-electron chi connectivity index (χ4n) is 2.61. The summed E-state index contributed by atoms with van der Waals surface area (Å²) in [5.41, 5.74) is 3.88. The number of methoxy groups -OCH3 is 3. The summed E-state index contributed by atoms with van der Waals surface area (Å²) >= 11 is 0. The first-order valence-electron chi connectivity index (χ1n) is 9.17. The topological polar surface area (TPSA) is 44.8 Å². The van der Waals surface area contributed by atoms with E-state index in [1.165, 1.54) is 7.11 Å². The van der Waals surface area contributed by atoms with Crippen LogP contribution in [0.3, 0.4) is 0 Å². The molecule has 3 rings (SSSR count). The van der Waals surface area contributed by atoms with E-state index >= 15 is 0 Å². The van der Waals surface area contributed by atoms with E-state index in [0.717, 1.165) is 22.3 Å². The second kappa shape index (κ2) is 9.87. The van der Waals surface area contributed by atoms with Gasteiger partial charge in [-0.25, -0.2) is 4.79 Å². The molecule has 30 heavy (non-hydrogen) atoms. The number of carbonyl (C=O) groups excluding carboxylic acids is 1. The van der Waals surface area contributed by atoms with Gasteiger partial charge in [0.15, 0.2) is 0 Å². The lowest BCUT2D eigenvalue weighted by atomic mass is 10.1. The summed E-state index contributed by atoms with van der Waals surface area (Å²) in [7, 11) is 4.58. The van der Waals surface area contributed by atoms with Gasteiger partial charge in [0.1, 0.15) is 11.5 Å². The van der Waals surface area contributed by atoms with Gasteiger partial charge < -0.3 is 14.2 Å². The van der Waals surface area contributed by atoms with Crippen LogP contribution in [0.1, 0.15) is 32.6 Å². The summed E-state index contributed by atoms with van der Waals surface area (Å²) in [6, 6.07) is 20.2. The van der Waals surface area contributed by atoms with Crippen molar-refractivity contribution in [2.45, 2.75) is 0 Å². The molecule has 0 spiro atoms. The van der Waals surface area contributed by atoms with Gasteiger partial charge in [0, 0.05) is 28.3 Å². The van der Waals surface area contributed by atoms with Crippen molar-refractivity contribution in [1.82, 2.24) is 0 Å². The van der Waals surface area contributed by atoms with E-state index in [0.29, 0.717) is 17.1 Å². The van der Waals surface area contributed by atoms with Crippen LogP contribution in [0.15, 0.2) is 66.7 Å². The molecule has 0 aliphatic heterocycles. The maximum absolute atomic E-state index is 11.5. The first-order chi connectivity index (χ1) is 14.6. The monoisotopic (exact) mass is 396 g/mol. The first kappa shape index (κ1) is 20.6. The van der Waals surface area contributed by atoms with Crippen molar-refractivity contribution in [3.05, 3.63) is 94.5 Å². The van der Waals surface area contributed by atoms with Gasteiger partial charge in [-0.2, -0.15) is 0 Å². The van der Waals surface area contributed by atoms with Gasteiger partial charge in [0.2, 0.25) is 0 Å². The Bertz CT molecular complexity index is 1130. The van der Waals surface area contributed by atoms with Gasteiger partial charge >= 0.3 is 5.97 Å². The van der Waals surface area contributed by atoms with Gasteiger partial charge in [-0.3, -0.25) is 0 Å². The largest absolute Gasteiger partial charge is 0.497 e. The van der Waals surface area contributed by atoms with E-state index in [1.54, 1.807) is 38.5 Å². The van der Waals surface area contributed by atoms with Gasteiger partial charge in [-0.15, -0.1) is 0 Å². The maximum atomic E-state index is 11.5. The average Bonchev–Trinajstić information content (AvgIpc) is 2.81. The van der Waals surface area contributed by atoms with Crippen LogP contribution >= 0.6 is 0 Å². The van der Waals surface area contributed by atoms with Crippen LogP contribution in [-0.4, -0.2) is 27.3 Å². The fourth-order valence-corrected chi connectivity index (χ4v) is 2.61. The molecular weight excluding hydrogens is 376 g/mol. The molecule has 0 atom stereocenters. The molecule has 0 unspecified atom stereocenters. The third-order valence-electron chi connectivity index (χ3n) is 4.24. The molecule has 0 aromatic heterocycles. The second-order valence-corrected chi connectivity index (χ2v) is 6.25. The van der Waals surface area contributed by atoms with Crippen LogP contribution in [0.25, 0.3) is 0 Å². The molecule has 3 aromatic rings. The lowest BCUT2D eigenvalue weighted by molar-refractivity contribution is 0.0600. The minimum atomic E-state index is -0.362. The zero-order valence-electron chi connectivity index (χ0n) is 17.0. The van der Waals surface area contributed by atoms with Crippen LogP contribution < -0.4 is 9.47 Å². The lowest BCUT2D eigenvalue weighted by Gasteiger charge is -2.04. The molecule has 0 saturated heterocycles. The molecule has 0 fully saturated rings. The highest BCUT2D eigenvalue weighted by molar-refractivity contribution is 5.89. The second-order valence-electron chi connectivity index (χ2n) is 6.25. The molecule has 0 saturated carbocycles. The van der Waals surface area contributed by atoms with E-state index in [2.05, 4.69) is 28.4 Å². The highest BCUT2D eigenvalue weighted by atomic mass is 16.5. The van der Waals surface area contributed by atoms with Gasteiger partial charge in [-0.1, -0.05) is 23.7 Å². The SMILES string of the molecule is COC(=O)c1ccc(C#Cc2ccc(C#Cc3cc(OC)cc(OC)c3)cc2)cc1. The van der Waals surface area contributed by atoms with E-state index in [1.807, 2.05) is 42.5 Å². The molecule has 3 aromatic carbocycles. The van der Waals surface area contributed by atoms with Crippen molar-refractivity contribution in [2.24, 2.45) is 0 Å². The highest BCUT2D eigenvalue weighted by Gasteiger charge is 2.03. The Balaban J connectivity index is 1.72. The van der Waals surface area contributed by atoms with Crippen molar-refractivity contribution >= 4 is 5.97 Å². The van der Waals surface area contributed by atoms with Crippen molar-refractivity contribution in [2.75, 3.05) is 21.3 Å². The average molecular weight is 396 g/mol. The lowest BCUT2D eigenvalue weighted by Crippen LogP contribution is -2.00. The van der Waals surface area contributed by atoms with Crippen molar-refractivity contribution in [1.29, 1.82) is 0 Å². The molecule has 0 aliphatic carbocycles. The minimum Gasteiger partial charge on any atom is -0.497 e. The molecule has 148 valence electrons. The van der Waals surface area contributed by atoms with Crippen LogP contribution in [0.5, 0.6) is 11.5 Å². The van der Waals surface area contributed by atoms with E-state index in [9.17, 15) is 4.79 Å². The Morgan fingerprint density at radius 2 is 1.00 bits per heavy atom.